The molecule has 0 saturated carbocycles. The zero-order valence-corrected chi connectivity index (χ0v) is 35.0. The predicted octanol–water partition coefficient (Wildman–Crippen LogP) is 14.8. The Labute approximate surface area is 353 Å². The molecule has 0 fully saturated rings. The second-order valence-electron chi connectivity index (χ2n) is 15.8. The van der Waals surface area contributed by atoms with Gasteiger partial charge >= 0.3 is 0 Å². The van der Waals surface area contributed by atoms with Crippen molar-refractivity contribution in [3.05, 3.63) is 209 Å². The van der Waals surface area contributed by atoms with Crippen LogP contribution in [0.4, 0.5) is 34.4 Å². The van der Waals surface area contributed by atoms with Crippen molar-refractivity contribution >= 4 is 45.2 Å². The van der Waals surface area contributed by atoms with Crippen molar-refractivity contribution in [2.24, 2.45) is 0 Å². The zero-order chi connectivity index (χ0) is 41.3. The van der Waals surface area contributed by atoms with Crippen LogP contribution in [0.1, 0.15) is 33.4 Å². The smallest absolute Gasteiger partial charge is 0.238 e. The van der Waals surface area contributed by atoms with E-state index >= 15 is 0 Å². The van der Waals surface area contributed by atoms with Crippen molar-refractivity contribution in [1.29, 1.82) is 0 Å². The second-order valence-corrected chi connectivity index (χ2v) is 15.8. The van der Waals surface area contributed by atoms with Gasteiger partial charge in [-0.05, 0) is 111 Å². The number of aromatic nitrogens is 3. The Morgan fingerprint density at radius 1 is 0.350 bits per heavy atom. The number of hydrogen-bond donors (Lipinski definition) is 0. The van der Waals surface area contributed by atoms with E-state index in [1.54, 1.807) is 0 Å². The zero-order valence-electron chi connectivity index (χ0n) is 35.0. The molecule has 0 N–H and O–H groups in total. The average molecular weight is 778 g/mol. The van der Waals surface area contributed by atoms with Crippen LogP contribution in [0.5, 0.6) is 0 Å². The summed E-state index contributed by atoms with van der Waals surface area (Å²) in [6.45, 7) is 13.2. The van der Waals surface area contributed by atoms with Crippen LogP contribution in [0.25, 0.3) is 44.7 Å². The lowest BCUT2D eigenvalue weighted by atomic mass is 9.98. The van der Waals surface area contributed by atoms with Gasteiger partial charge < -0.3 is 4.90 Å². The van der Waals surface area contributed by atoms with Gasteiger partial charge in [-0.1, -0.05) is 157 Å². The van der Waals surface area contributed by atoms with Crippen molar-refractivity contribution in [3.8, 4) is 33.9 Å². The predicted molar refractivity (Wildman–Crippen MR) is 251 cm³/mol. The molecule has 0 amide bonds. The molecule has 0 aliphatic carbocycles. The van der Waals surface area contributed by atoms with Gasteiger partial charge in [-0.25, -0.2) is 4.98 Å². The maximum absolute atomic E-state index is 5.30. The van der Waals surface area contributed by atoms with E-state index in [9.17, 15) is 0 Å². The van der Waals surface area contributed by atoms with Crippen LogP contribution in [-0.4, -0.2) is 15.0 Å². The Balaban J connectivity index is 1.24. The molecule has 0 bridgehead atoms. The molecule has 5 nitrogen and oxygen atoms in total. The third kappa shape index (κ3) is 7.42. The van der Waals surface area contributed by atoms with Gasteiger partial charge in [0.25, 0.3) is 0 Å². The summed E-state index contributed by atoms with van der Waals surface area (Å²) in [6, 6.07) is 61.9. The fourth-order valence-corrected chi connectivity index (χ4v) is 8.69. The van der Waals surface area contributed by atoms with Gasteiger partial charge in [-0.15, -0.1) is 0 Å². The molecular weight excluding hydrogens is 731 g/mol. The maximum Gasteiger partial charge on any atom is 0.238 e. The first-order valence-corrected chi connectivity index (χ1v) is 20.5. The first-order chi connectivity index (χ1) is 29.2. The van der Waals surface area contributed by atoms with E-state index in [-0.39, 0.29) is 0 Å². The minimum Gasteiger partial charge on any atom is -0.309 e. The molecule has 9 rings (SSSR count). The molecule has 292 valence electrons. The summed E-state index contributed by atoms with van der Waals surface area (Å²) in [5.74, 6) is 1.73. The van der Waals surface area contributed by atoms with E-state index in [0.29, 0.717) is 17.6 Å². The van der Waals surface area contributed by atoms with Gasteiger partial charge in [0.2, 0.25) is 5.95 Å². The first kappa shape index (κ1) is 38.2. The number of anilines is 6. The van der Waals surface area contributed by atoms with Crippen LogP contribution in [0.2, 0.25) is 0 Å². The Morgan fingerprint density at radius 3 is 1.32 bits per heavy atom. The van der Waals surface area contributed by atoms with E-state index in [4.69, 9.17) is 15.0 Å². The third-order valence-electron chi connectivity index (χ3n) is 11.2. The van der Waals surface area contributed by atoms with Crippen molar-refractivity contribution in [2.75, 3.05) is 9.80 Å². The average Bonchev–Trinajstić information content (AvgIpc) is 3.26. The summed E-state index contributed by atoms with van der Waals surface area (Å²) >= 11 is 0. The number of benzene rings is 8. The Morgan fingerprint density at radius 2 is 0.767 bits per heavy atom. The standard InChI is InChI=1S/C55H47N5/c1-36-32-38(3)51(39(4)33-36)60(52-40(5)34-37(2)35-41(52)6)48-30-28-47(29-31-48)59(50-23-15-21-44-18-13-14-22-49(44)50)55-57-53(45-19-11-8-12-20-45)56-54(58-55)46-26-24-43(25-27-46)42-16-9-7-10-17-42/h7-35H,1-6H3. The Kier molecular flexibility index (Phi) is 10.2. The summed E-state index contributed by atoms with van der Waals surface area (Å²) in [7, 11) is 0. The van der Waals surface area contributed by atoms with Gasteiger partial charge in [-0.3, -0.25) is 4.90 Å². The molecule has 1 heterocycles. The van der Waals surface area contributed by atoms with E-state index < -0.39 is 0 Å². The number of nitrogens with zero attached hydrogens (tertiary/aromatic N) is 5. The quantitative estimate of drug-likeness (QED) is 0.146. The molecule has 0 saturated heterocycles. The number of aryl methyl sites for hydroxylation is 6. The molecule has 9 aromatic rings. The Hall–Kier alpha value is -7.37. The van der Waals surface area contributed by atoms with E-state index in [1.807, 2.05) is 24.3 Å². The number of fused-ring (bicyclic) bond motifs is 1. The molecule has 8 aromatic carbocycles. The maximum atomic E-state index is 5.30. The third-order valence-corrected chi connectivity index (χ3v) is 11.2. The first-order valence-electron chi connectivity index (χ1n) is 20.5. The summed E-state index contributed by atoms with van der Waals surface area (Å²) in [4.78, 5) is 20.3. The van der Waals surface area contributed by atoms with Gasteiger partial charge in [0, 0.05) is 27.9 Å². The highest BCUT2D eigenvalue weighted by Crippen LogP contribution is 2.45. The van der Waals surface area contributed by atoms with Crippen molar-refractivity contribution in [3.63, 3.8) is 0 Å². The minimum absolute atomic E-state index is 0.530. The SMILES string of the molecule is Cc1cc(C)c(N(c2ccc(N(c3nc(-c4ccccc4)nc(-c4ccc(-c5ccccc5)cc4)n3)c3cccc4ccccc34)cc2)c2c(C)cc(C)cc2C)c(C)c1. The van der Waals surface area contributed by atoms with Crippen LogP contribution in [-0.2, 0) is 0 Å². The van der Waals surface area contributed by atoms with E-state index in [1.165, 1.54) is 44.8 Å². The number of rotatable bonds is 9. The molecule has 5 heteroatoms. The summed E-state index contributed by atoms with van der Waals surface area (Å²) in [6.07, 6.45) is 0. The lowest BCUT2D eigenvalue weighted by molar-refractivity contribution is 1.02. The topological polar surface area (TPSA) is 45.2 Å². The van der Waals surface area contributed by atoms with Crippen LogP contribution in [0.3, 0.4) is 0 Å². The van der Waals surface area contributed by atoms with E-state index in [0.717, 1.165) is 50.1 Å². The largest absolute Gasteiger partial charge is 0.309 e. The van der Waals surface area contributed by atoms with Gasteiger partial charge in [-0.2, -0.15) is 9.97 Å². The molecule has 0 spiro atoms. The second kappa shape index (κ2) is 16.1. The minimum atomic E-state index is 0.530. The lowest BCUT2D eigenvalue weighted by Crippen LogP contribution is -2.17. The molecule has 1 aromatic heterocycles. The summed E-state index contributed by atoms with van der Waals surface area (Å²) in [5.41, 5.74) is 16.9. The lowest BCUT2D eigenvalue weighted by Gasteiger charge is -2.32. The van der Waals surface area contributed by atoms with Gasteiger partial charge in [0.15, 0.2) is 11.6 Å². The molecule has 0 radical (unpaired) electrons. The molecule has 60 heavy (non-hydrogen) atoms. The van der Waals surface area contributed by atoms with Crippen molar-refractivity contribution in [1.82, 2.24) is 15.0 Å². The molecule has 0 unspecified atom stereocenters. The van der Waals surface area contributed by atoms with Crippen molar-refractivity contribution in [2.45, 2.75) is 41.5 Å². The number of hydrogen-bond acceptors (Lipinski definition) is 5. The highest BCUT2D eigenvalue weighted by atomic mass is 15.3. The fraction of sp³-hybridized carbons (Fsp3) is 0.109. The van der Waals surface area contributed by atoms with Crippen LogP contribution < -0.4 is 9.80 Å². The normalized spacial score (nSPS) is 11.2. The molecule has 0 aliphatic heterocycles. The van der Waals surface area contributed by atoms with Gasteiger partial charge in [0.1, 0.15) is 0 Å². The van der Waals surface area contributed by atoms with Crippen LogP contribution >= 0.6 is 0 Å². The molecule has 0 aliphatic rings. The van der Waals surface area contributed by atoms with Gasteiger partial charge in [0.05, 0.1) is 17.1 Å². The highest BCUT2D eigenvalue weighted by molar-refractivity contribution is 5.98. The Bertz CT molecular complexity index is 2870. The molecule has 0 atom stereocenters. The molecular formula is C55H47N5. The highest BCUT2D eigenvalue weighted by Gasteiger charge is 2.24. The van der Waals surface area contributed by atoms with Crippen molar-refractivity contribution < 1.29 is 0 Å². The summed E-state index contributed by atoms with van der Waals surface area (Å²) < 4.78 is 0. The van der Waals surface area contributed by atoms with E-state index in [2.05, 4.69) is 203 Å². The van der Waals surface area contributed by atoms with Crippen LogP contribution in [0, 0.1) is 41.5 Å². The summed E-state index contributed by atoms with van der Waals surface area (Å²) in [5, 5.41) is 2.23. The monoisotopic (exact) mass is 777 g/mol. The van der Waals surface area contributed by atoms with Crippen LogP contribution in [0.15, 0.2) is 176 Å². The fourth-order valence-electron chi connectivity index (χ4n) is 8.69.